The molecule has 3 heteroatoms. The van der Waals surface area contributed by atoms with Crippen LogP contribution in [0.3, 0.4) is 0 Å². The minimum Gasteiger partial charge on any atom is -0.493 e. The number of hydrogen-bond donors (Lipinski definition) is 2. The van der Waals surface area contributed by atoms with E-state index in [1.165, 1.54) is 11.1 Å². The van der Waals surface area contributed by atoms with Gasteiger partial charge in [-0.2, -0.15) is 12.6 Å². The fourth-order valence-electron chi connectivity index (χ4n) is 1.62. The molecule has 96 valence electrons. The first-order valence-corrected chi connectivity index (χ1v) is 6.89. The number of thiol groups is 1. The quantitative estimate of drug-likeness (QED) is 0.549. The SMILES string of the molecule is Cc1cccc(OCCCCNCCS)c1C. The van der Waals surface area contributed by atoms with Crippen LogP contribution in [0.1, 0.15) is 24.0 Å². The van der Waals surface area contributed by atoms with E-state index in [1.54, 1.807) is 0 Å². The van der Waals surface area contributed by atoms with Gasteiger partial charge in [0.05, 0.1) is 6.61 Å². The van der Waals surface area contributed by atoms with E-state index in [1.807, 2.05) is 12.1 Å². The van der Waals surface area contributed by atoms with Gasteiger partial charge in [0.25, 0.3) is 0 Å². The number of benzene rings is 1. The van der Waals surface area contributed by atoms with Crippen LogP contribution in [0.5, 0.6) is 5.75 Å². The van der Waals surface area contributed by atoms with E-state index in [2.05, 4.69) is 37.9 Å². The monoisotopic (exact) mass is 253 g/mol. The van der Waals surface area contributed by atoms with Crippen molar-refractivity contribution < 1.29 is 4.74 Å². The summed E-state index contributed by atoms with van der Waals surface area (Å²) in [5.41, 5.74) is 2.54. The molecule has 2 nitrogen and oxygen atoms in total. The number of hydrogen-bond acceptors (Lipinski definition) is 3. The van der Waals surface area contributed by atoms with Gasteiger partial charge < -0.3 is 10.1 Å². The third-order valence-electron chi connectivity index (χ3n) is 2.85. The zero-order chi connectivity index (χ0) is 12.5. The third kappa shape index (κ3) is 5.46. The highest BCUT2D eigenvalue weighted by molar-refractivity contribution is 7.80. The van der Waals surface area contributed by atoms with Crippen molar-refractivity contribution in [1.29, 1.82) is 0 Å². The summed E-state index contributed by atoms with van der Waals surface area (Å²) < 4.78 is 5.78. The van der Waals surface area contributed by atoms with E-state index in [-0.39, 0.29) is 0 Å². The van der Waals surface area contributed by atoms with Gasteiger partial charge in [0.15, 0.2) is 0 Å². The summed E-state index contributed by atoms with van der Waals surface area (Å²) in [6, 6.07) is 6.21. The van der Waals surface area contributed by atoms with Gasteiger partial charge in [-0.05, 0) is 50.4 Å². The standard InChI is InChI=1S/C14H23NOS/c1-12-6-5-7-14(13(12)2)16-10-4-3-8-15-9-11-17/h5-7,15,17H,3-4,8-11H2,1-2H3. The third-order valence-corrected chi connectivity index (χ3v) is 3.07. The Bertz CT molecular complexity index is 328. The van der Waals surface area contributed by atoms with Gasteiger partial charge in [-0.3, -0.25) is 0 Å². The molecular formula is C14H23NOS. The molecule has 0 aliphatic carbocycles. The van der Waals surface area contributed by atoms with Crippen LogP contribution in [0.4, 0.5) is 0 Å². The van der Waals surface area contributed by atoms with Gasteiger partial charge in [-0.1, -0.05) is 12.1 Å². The van der Waals surface area contributed by atoms with E-state index in [4.69, 9.17) is 4.74 Å². The molecular weight excluding hydrogens is 230 g/mol. The summed E-state index contributed by atoms with van der Waals surface area (Å²) in [5, 5.41) is 3.32. The lowest BCUT2D eigenvalue weighted by atomic mass is 10.1. The van der Waals surface area contributed by atoms with Crippen LogP contribution in [0.15, 0.2) is 18.2 Å². The van der Waals surface area contributed by atoms with Crippen molar-refractivity contribution in [2.24, 2.45) is 0 Å². The second-order valence-electron chi connectivity index (χ2n) is 4.23. The Balaban J connectivity index is 2.16. The second-order valence-corrected chi connectivity index (χ2v) is 4.67. The van der Waals surface area contributed by atoms with E-state index in [0.717, 1.165) is 44.0 Å². The lowest BCUT2D eigenvalue weighted by Crippen LogP contribution is -2.18. The maximum Gasteiger partial charge on any atom is 0.122 e. The molecule has 0 aliphatic rings. The Morgan fingerprint density at radius 1 is 1.18 bits per heavy atom. The maximum absolute atomic E-state index is 5.78. The van der Waals surface area contributed by atoms with Gasteiger partial charge in [-0.15, -0.1) is 0 Å². The van der Waals surface area contributed by atoms with Crippen molar-refractivity contribution in [2.75, 3.05) is 25.4 Å². The van der Waals surface area contributed by atoms with Crippen molar-refractivity contribution >= 4 is 12.6 Å². The normalized spacial score (nSPS) is 10.5. The summed E-state index contributed by atoms with van der Waals surface area (Å²) in [6.07, 6.45) is 2.24. The molecule has 1 aromatic rings. The Kier molecular flexibility index (Phi) is 7.13. The molecule has 0 spiro atoms. The van der Waals surface area contributed by atoms with Crippen LogP contribution < -0.4 is 10.1 Å². The molecule has 0 heterocycles. The topological polar surface area (TPSA) is 21.3 Å². The van der Waals surface area contributed by atoms with Crippen molar-refractivity contribution in [2.45, 2.75) is 26.7 Å². The van der Waals surface area contributed by atoms with Crippen molar-refractivity contribution in [3.63, 3.8) is 0 Å². The van der Waals surface area contributed by atoms with Gasteiger partial charge in [0.1, 0.15) is 5.75 Å². The van der Waals surface area contributed by atoms with Crippen LogP contribution in [0, 0.1) is 13.8 Å². The summed E-state index contributed by atoms with van der Waals surface area (Å²) >= 11 is 4.15. The molecule has 0 amide bonds. The van der Waals surface area contributed by atoms with Crippen molar-refractivity contribution in [3.8, 4) is 5.75 Å². The van der Waals surface area contributed by atoms with E-state index < -0.39 is 0 Å². The highest BCUT2D eigenvalue weighted by atomic mass is 32.1. The zero-order valence-corrected chi connectivity index (χ0v) is 11.7. The van der Waals surface area contributed by atoms with E-state index >= 15 is 0 Å². The van der Waals surface area contributed by atoms with Crippen molar-refractivity contribution in [3.05, 3.63) is 29.3 Å². The summed E-state index contributed by atoms with van der Waals surface area (Å²) in [6.45, 7) is 7.06. The van der Waals surface area contributed by atoms with Gasteiger partial charge in [-0.25, -0.2) is 0 Å². The number of aryl methyl sites for hydroxylation is 1. The fraction of sp³-hybridized carbons (Fsp3) is 0.571. The molecule has 0 bridgehead atoms. The number of rotatable bonds is 8. The molecule has 0 unspecified atom stereocenters. The van der Waals surface area contributed by atoms with Crippen LogP contribution in [-0.4, -0.2) is 25.4 Å². The largest absolute Gasteiger partial charge is 0.493 e. The van der Waals surface area contributed by atoms with Crippen molar-refractivity contribution in [1.82, 2.24) is 5.32 Å². The Morgan fingerprint density at radius 2 is 2.00 bits per heavy atom. The first kappa shape index (κ1) is 14.4. The van der Waals surface area contributed by atoms with E-state index in [9.17, 15) is 0 Å². The first-order chi connectivity index (χ1) is 8.25. The second kappa shape index (κ2) is 8.43. The molecule has 1 N–H and O–H groups in total. The summed E-state index contributed by atoms with van der Waals surface area (Å²) in [4.78, 5) is 0. The Hall–Kier alpha value is -0.670. The molecule has 0 atom stereocenters. The summed E-state index contributed by atoms with van der Waals surface area (Å²) in [7, 11) is 0. The lowest BCUT2D eigenvalue weighted by molar-refractivity contribution is 0.304. The Labute approximate surface area is 110 Å². The highest BCUT2D eigenvalue weighted by Crippen LogP contribution is 2.20. The van der Waals surface area contributed by atoms with Gasteiger partial charge in [0, 0.05) is 12.3 Å². The molecule has 1 rings (SSSR count). The molecule has 1 aromatic carbocycles. The first-order valence-electron chi connectivity index (χ1n) is 6.26. The predicted molar refractivity (Wildman–Crippen MR) is 77.4 cm³/mol. The number of ether oxygens (including phenoxy) is 1. The molecule has 0 aromatic heterocycles. The van der Waals surface area contributed by atoms with Gasteiger partial charge in [0.2, 0.25) is 0 Å². The molecule has 0 aliphatic heterocycles. The average Bonchev–Trinajstić information content (AvgIpc) is 2.33. The van der Waals surface area contributed by atoms with Gasteiger partial charge >= 0.3 is 0 Å². The molecule has 0 saturated carbocycles. The maximum atomic E-state index is 5.78. The Morgan fingerprint density at radius 3 is 2.76 bits per heavy atom. The average molecular weight is 253 g/mol. The van der Waals surface area contributed by atoms with Crippen LogP contribution in [-0.2, 0) is 0 Å². The molecule has 17 heavy (non-hydrogen) atoms. The van der Waals surface area contributed by atoms with Crippen LogP contribution in [0.2, 0.25) is 0 Å². The smallest absolute Gasteiger partial charge is 0.122 e. The van der Waals surface area contributed by atoms with Crippen LogP contribution >= 0.6 is 12.6 Å². The molecule has 0 radical (unpaired) electrons. The predicted octanol–water partition coefficient (Wildman–Crippen LogP) is 2.98. The van der Waals surface area contributed by atoms with E-state index in [0.29, 0.717) is 0 Å². The zero-order valence-electron chi connectivity index (χ0n) is 10.8. The minimum absolute atomic E-state index is 0.798. The highest BCUT2D eigenvalue weighted by Gasteiger charge is 2.00. The fourth-order valence-corrected chi connectivity index (χ4v) is 1.78. The number of nitrogens with one attached hydrogen (secondary N) is 1. The summed E-state index contributed by atoms with van der Waals surface area (Å²) in [5.74, 6) is 1.92. The minimum atomic E-state index is 0.798. The number of unbranched alkanes of at least 4 members (excludes halogenated alkanes) is 1. The van der Waals surface area contributed by atoms with Crippen LogP contribution in [0.25, 0.3) is 0 Å². The molecule has 0 fully saturated rings. The molecule has 0 saturated heterocycles. The lowest BCUT2D eigenvalue weighted by Gasteiger charge is -2.10.